The number of nitrogens with one attached hydrogen (secondary N) is 4. The Bertz CT molecular complexity index is 1150. The van der Waals surface area contributed by atoms with Gasteiger partial charge in [-0.3, -0.25) is 0 Å². The smallest absolute Gasteiger partial charge is 0.323 e. The van der Waals surface area contributed by atoms with Crippen molar-refractivity contribution in [3.63, 3.8) is 0 Å². The second-order valence-electron chi connectivity index (χ2n) is 7.88. The molecule has 2 aromatic carbocycles. The van der Waals surface area contributed by atoms with Gasteiger partial charge in [0.05, 0.1) is 21.4 Å². The van der Waals surface area contributed by atoms with E-state index in [-0.39, 0.29) is 39.5 Å². The second-order valence-corrected chi connectivity index (χ2v) is 10.3. The molecule has 32 heavy (non-hydrogen) atoms. The number of hydrogen-bond acceptors (Lipinski definition) is 5. The Balaban J connectivity index is 1.53. The van der Waals surface area contributed by atoms with Crippen LogP contribution in [-0.4, -0.2) is 37.7 Å². The van der Waals surface area contributed by atoms with Crippen molar-refractivity contribution in [2.75, 3.05) is 10.6 Å². The highest BCUT2D eigenvalue weighted by atomic mass is 35.5. The van der Waals surface area contributed by atoms with Crippen LogP contribution >= 0.6 is 23.2 Å². The van der Waals surface area contributed by atoms with Crippen LogP contribution in [0.2, 0.25) is 10.0 Å². The molecule has 1 unspecified atom stereocenters. The number of fused-ring (bicyclic) bond motifs is 2. The van der Waals surface area contributed by atoms with Crippen LogP contribution in [0.4, 0.5) is 20.6 Å². The molecule has 2 aliphatic heterocycles. The number of phenols is 1. The number of halogens is 3. The SMILES string of the molecule is O=C(Nc1ccc(Cl)c(S(=O)(=O)NC2C[C@H]3CC[C@@H](C2)N3)c1O)Nc1cccc(F)c1Cl. The summed E-state index contributed by atoms with van der Waals surface area (Å²) in [5.41, 5.74) is -0.183. The standard InChI is InChI=1S/C20H21Cl2FN4O4S/c21-13-6-7-16(26-20(29)25-15-3-1-2-14(23)17(15)22)18(28)19(13)32(30,31)27-12-8-10-4-5-11(9-12)24-10/h1-3,6-7,10-12,24,27-28H,4-5,8-9H2,(H2,25,26,29)/t10-,11+,12?. The van der Waals surface area contributed by atoms with Crippen molar-refractivity contribution in [3.05, 3.63) is 46.2 Å². The highest BCUT2D eigenvalue weighted by Crippen LogP contribution is 2.38. The number of carbonyl (C=O) groups is 1. The number of piperidine rings is 1. The lowest BCUT2D eigenvalue weighted by Gasteiger charge is -2.29. The molecule has 2 bridgehead atoms. The van der Waals surface area contributed by atoms with Crippen molar-refractivity contribution in [1.29, 1.82) is 0 Å². The largest absolute Gasteiger partial charge is 0.504 e. The van der Waals surface area contributed by atoms with Crippen LogP contribution in [0.25, 0.3) is 0 Å². The van der Waals surface area contributed by atoms with E-state index in [1.165, 1.54) is 24.3 Å². The van der Waals surface area contributed by atoms with E-state index in [9.17, 15) is 22.7 Å². The van der Waals surface area contributed by atoms with Gasteiger partial charge in [0.1, 0.15) is 10.7 Å². The fourth-order valence-electron chi connectivity index (χ4n) is 4.21. The summed E-state index contributed by atoms with van der Waals surface area (Å²) in [6, 6.07) is 5.77. The van der Waals surface area contributed by atoms with Gasteiger partial charge in [-0.15, -0.1) is 0 Å². The minimum Gasteiger partial charge on any atom is -0.504 e. The Hall–Kier alpha value is -2.11. The maximum absolute atomic E-state index is 13.6. The van der Waals surface area contributed by atoms with Crippen LogP contribution in [0.3, 0.4) is 0 Å². The van der Waals surface area contributed by atoms with Crippen molar-refractivity contribution in [1.82, 2.24) is 10.0 Å². The Labute approximate surface area is 194 Å². The molecule has 4 rings (SSSR count). The van der Waals surface area contributed by atoms with E-state index < -0.39 is 32.5 Å². The van der Waals surface area contributed by atoms with E-state index in [4.69, 9.17) is 23.2 Å². The minimum absolute atomic E-state index is 0.00710. The number of anilines is 2. The van der Waals surface area contributed by atoms with Gasteiger partial charge in [-0.25, -0.2) is 22.3 Å². The summed E-state index contributed by atoms with van der Waals surface area (Å²) in [6.07, 6.45) is 3.28. The number of carbonyl (C=O) groups excluding carboxylic acids is 1. The molecule has 2 aliphatic rings. The molecule has 8 nitrogen and oxygen atoms in total. The molecule has 2 heterocycles. The van der Waals surface area contributed by atoms with Crippen LogP contribution in [0.15, 0.2) is 35.2 Å². The number of benzene rings is 2. The van der Waals surface area contributed by atoms with E-state index >= 15 is 0 Å². The molecule has 2 aromatic rings. The lowest BCUT2D eigenvalue weighted by Crippen LogP contribution is -2.47. The molecule has 2 saturated heterocycles. The predicted molar refractivity (Wildman–Crippen MR) is 120 cm³/mol. The summed E-state index contributed by atoms with van der Waals surface area (Å²) in [6.45, 7) is 0. The molecule has 12 heteroatoms. The van der Waals surface area contributed by atoms with Crippen LogP contribution in [0.1, 0.15) is 25.7 Å². The number of phenolic OH excluding ortho intramolecular Hbond substituents is 1. The van der Waals surface area contributed by atoms with Crippen molar-refractivity contribution in [3.8, 4) is 5.75 Å². The number of amides is 2. The van der Waals surface area contributed by atoms with Crippen molar-refractivity contribution < 1.29 is 22.7 Å². The number of rotatable bonds is 5. The first-order valence-corrected chi connectivity index (χ1v) is 12.2. The van der Waals surface area contributed by atoms with E-state index in [0.29, 0.717) is 12.8 Å². The molecule has 0 spiro atoms. The lowest BCUT2D eigenvalue weighted by atomic mass is 10.0. The molecule has 2 amide bonds. The Kier molecular flexibility index (Phi) is 6.51. The Morgan fingerprint density at radius 3 is 2.41 bits per heavy atom. The summed E-state index contributed by atoms with van der Waals surface area (Å²) < 4.78 is 42.2. The van der Waals surface area contributed by atoms with E-state index in [1.54, 1.807) is 0 Å². The van der Waals surface area contributed by atoms with Gasteiger partial charge in [-0.1, -0.05) is 29.3 Å². The van der Waals surface area contributed by atoms with Crippen LogP contribution in [-0.2, 0) is 10.0 Å². The van der Waals surface area contributed by atoms with E-state index in [1.807, 2.05) is 0 Å². The second kappa shape index (κ2) is 9.03. The van der Waals surface area contributed by atoms with Gasteiger partial charge in [0.2, 0.25) is 10.0 Å². The third kappa shape index (κ3) is 4.79. The molecule has 0 radical (unpaired) electrons. The first-order valence-electron chi connectivity index (χ1n) is 9.96. The third-order valence-electron chi connectivity index (χ3n) is 5.60. The topological polar surface area (TPSA) is 120 Å². The normalized spacial score (nSPS) is 22.5. The zero-order valence-corrected chi connectivity index (χ0v) is 19.0. The average Bonchev–Trinajstić information content (AvgIpc) is 3.05. The number of sulfonamides is 1. The van der Waals surface area contributed by atoms with Gasteiger partial charge in [-0.2, -0.15) is 0 Å². The number of urea groups is 1. The summed E-state index contributed by atoms with van der Waals surface area (Å²) in [5.74, 6) is -1.42. The minimum atomic E-state index is -4.17. The van der Waals surface area contributed by atoms with Crippen LogP contribution in [0, 0.1) is 5.82 Å². The van der Waals surface area contributed by atoms with Crippen LogP contribution in [0.5, 0.6) is 5.75 Å². The zero-order chi connectivity index (χ0) is 23.0. The fourth-order valence-corrected chi connectivity index (χ4v) is 6.28. The highest BCUT2D eigenvalue weighted by molar-refractivity contribution is 7.89. The van der Waals surface area contributed by atoms with Gasteiger partial charge in [-0.05, 0) is 49.9 Å². The molecule has 0 aliphatic carbocycles. The summed E-state index contributed by atoms with van der Waals surface area (Å²) >= 11 is 11.9. The summed E-state index contributed by atoms with van der Waals surface area (Å²) in [5, 5.41) is 18.2. The summed E-state index contributed by atoms with van der Waals surface area (Å²) in [7, 11) is -4.17. The molecular weight excluding hydrogens is 482 g/mol. The van der Waals surface area contributed by atoms with Gasteiger partial charge in [0, 0.05) is 18.1 Å². The molecule has 2 fully saturated rings. The quantitative estimate of drug-likeness (QED) is 0.395. The molecule has 0 aromatic heterocycles. The Morgan fingerprint density at radius 1 is 1.06 bits per heavy atom. The third-order valence-corrected chi connectivity index (χ3v) is 8.00. The first kappa shape index (κ1) is 23.1. The maximum atomic E-state index is 13.6. The van der Waals surface area contributed by atoms with E-state index in [2.05, 4.69) is 20.7 Å². The maximum Gasteiger partial charge on any atom is 0.323 e. The molecular formula is C20H21Cl2FN4O4S. The van der Waals surface area contributed by atoms with Gasteiger partial charge < -0.3 is 21.1 Å². The zero-order valence-electron chi connectivity index (χ0n) is 16.7. The van der Waals surface area contributed by atoms with Gasteiger partial charge in [0.15, 0.2) is 5.75 Å². The van der Waals surface area contributed by atoms with Gasteiger partial charge >= 0.3 is 6.03 Å². The van der Waals surface area contributed by atoms with Crippen molar-refractivity contribution >= 4 is 50.6 Å². The number of aromatic hydroxyl groups is 1. The average molecular weight is 503 g/mol. The predicted octanol–water partition coefficient (Wildman–Crippen LogP) is 4.04. The monoisotopic (exact) mass is 502 g/mol. The highest BCUT2D eigenvalue weighted by Gasteiger charge is 2.36. The molecule has 0 saturated carbocycles. The summed E-state index contributed by atoms with van der Waals surface area (Å²) in [4.78, 5) is 11.8. The van der Waals surface area contributed by atoms with Crippen molar-refractivity contribution in [2.45, 2.75) is 48.7 Å². The Morgan fingerprint density at radius 2 is 1.72 bits per heavy atom. The molecule has 5 N–H and O–H groups in total. The first-order chi connectivity index (χ1) is 15.1. The van der Waals surface area contributed by atoms with Gasteiger partial charge in [0.25, 0.3) is 0 Å². The fraction of sp³-hybridized carbons (Fsp3) is 0.350. The molecule has 3 atom stereocenters. The van der Waals surface area contributed by atoms with Crippen LogP contribution < -0.4 is 20.7 Å². The molecule has 172 valence electrons. The number of hydrogen-bond donors (Lipinski definition) is 5. The van der Waals surface area contributed by atoms with E-state index in [0.717, 1.165) is 18.9 Å². The lowest BCUT2D eigenvalue weighted by molar-refractivity contribution is 0.262. The van der Waals surface area contributed by atoms with Crippen molar-refractivity contribution in [2.24, 2.45) is 0 Å².